The molecule has 0 bridgehead atoms. The summed E-state index contributed by atoms with van der Waals surface area (Å²) in [7, 11) is 0. The quantitative estimate of drug-likeness (QED) is 0.641. The monoisotopic (exact) mass is 269 g/mol. The number of hydrogen-bond donors (Lipinski definition) is 0. The molecule has 108 valence electrons. The number of hydrogen-bond acceptors (Lipinski definition) is 1. The Morgan fingerprint density at radius 3 is 2.50 bits per heavy atom. The van der Waals surface area contributed by atoms with E-state index in [0.717, 1.165) is 18.7 Å². The molecule has 1 aromatic rings. The molecule has 0 aliphatic carbocycles. The number of nitrogens with zero attached hydrogens (tertiary/aromatic N) is 1. The Morgan fingerprint density at radius 1 is 1.25 bits per heavy atom. The normalized spacial score (nSPS) is 11.9. The zero-order chi connectivity index (χ0) is 15.1. The first-order valence-corrected chi connectivity index (χ1v) is 7.26. The summed E-state index contributed by atoms with van der Waals surface area (Å²) >= 11 is 0. The van der Waals surface area contributed by atoms with Crippen molar-refractivity contribution in [1.29, 1.82) is 0 Å². The van der Waals surface area contributed by atoms with E-state index in [9.17, 15) is 0 Å². The summed E-state index contributed by atoms with van der Waals surface area (Å²) in [5.41, 5.74) is 6.32. The summed E-state index contributed by atoms with van der Waals surface area (Å²) in [6.45, 7) is 16.5. The largest absolute Gasteiger partial charge is 0.368 e. The SMILES string of the molecule is C=C(C)/C=C(C)\C=C/CN(CC)c1ccc(C)cc1C. The molecular formula is C19H27N. The highest BCUT2D eigenvalue weighted by Crippen LogP contribution is 2.20. The van der Waals surface area contributed by atoms with E-state index in [0.29, 0.717) is 0 Å². The first kappa shape index (κ1) is 16.3. The van der Waals surface area contributed by atoms with Crippen molar-refractivity contribution in [3.63, 3.8) is 0 Å². The van der Waals surface area contributed by atoms with Gasteiger partial charge in [0.2, 0.25) is 0 Å². The molecule has 0 N–H and O–H groups in total. The number of likely N-dealkylation sites (N-methyl/N-ethyl adjacent to an activating group) is 1. The highest BCUT2D eigenvalue weighted by Gasteiger charge is 2.05. The molecule has 0 amide bonds. The van der Waals surface area contributed by atoms with Crippen molar-refractivity contribution in [2.24, 2.45) is 0 Å². The predicted octanol–water partition coefficient (Wildman–Crippen LogP) is 5.21. The van der Waals surface area contributed by atoms with Crippen LogP contribution in [0.15, 0.2) is 54.2 Å². The van der Waals surface area contributed by atoms with E-state index < -0.39 is 0 Å². The number of allylic oxidation sites excluding steroid dienone is 4. The van der Waals surface area contributed by atoms with Crippen LogP contribution in [0.3, 0.4) is 0 Å². The van der Waals surface area contributed by atoms with Gasteiger partial charge in [0.1, 0.15) is 0 Å². The van der Waals surface area contributed by atoms with Crippen LogP contribution in [0.2, 0.25) is 0 Å². The minimum absolute atomic E-state index is 0.932. The van der Waals surface area contributed by atoms with Crippen LogP contribution in [0.25, 0.3) is 0 Å². The van der Waals surface area contributed by atoms with E-state index >= 15 is 0 Å². The third-order valence-corrected chi connectivity index (χ3v) is 3.26. The predicted molar refractivity (Wildman–Crippen MR) is 91.5 cm³/mol. The molecule has 0 heterocycles. The van der Waals surface area contributed by atoms with E-state index in [2.05, 4.69) is 75.6 Å². The van der Waals surface area contributed by atoms with Gasteiger partial charge in [-0.2, -0.15) is 0 Å². The summed E-state index contributed by atoms with van der Waals surface area (Å²) in [5, 5.41) is 0. The second-order valence-electron chi connectivity index (χ2n) is 5.47. The molecule has 0 aliphatic heterocycles. The van der Waals surface area contributed by atoms with Crippen molar-refractivity contribution in [1.82, 2.24) is 0 Å². The topological polar surface area (TPSA) is 3.24 Å². The minimum atomic E-state index is 0.932. The molecule has 0 spiro atoms. The van der Waals surface area contributed by atoms with Gasteiger partial charge in [-0.3, -0.25) is 0 Å². The Hall–Kier alpha value is -1.76. The number of aryl methyl sites for hydroxylation is 2. The molecule has 0 unspecified atom stereocenters. The average Bonchev–Trinajstić information content (AvgIpc) is 2.35. The molecule has 0 aromatic heterocycles. The standard InChI is InChI=1S/C19H27N/c1-7-20(12-8-9-16(4)13-15(2)3)19-11-10-17(5)14-18(19)6/h8-11,13-14H,2,7,12H2,1,3-6H3/b9-8-,16-13-. The van der Waals surface area contributed by atoms with Gasteiger partial charge in [0.15, 0.2) is 0 Å². The number of anilines is 1. The average molecular weight is 269 g/mol. The maximum absolute atomic E-state index is 3.90. The van der Waals surface area contributed by atoms with Gasteiger partial charge in [-0.25, -0.2) is 0 Å². The highest BCUT2D eigenvalue weighted by molar-refractivity contribution is 5.54. The molecule has 1 heteroatoms. The second-order valence-corrected chi connectivity index (χ2v) is 5.47. The summed E-state index contributed by atoms with van der Waals surface area (Å²) in [5.74, 6) is 0. The molecule has 20 heavy (non-hydrogen) atoms. The number of rotatable bonds is 6. The van der Waals surface area contributed by atoms with Gasteiger partial charge in [0.05, 0.1) is 0 Å². The van der Waals surface area contributed by atoms with Crippen LogP contribution in [0, 0.1) is 13.8 Å². The molecule has 0 fully saturated rings. The van der Waals surface area contributed by atoms with E-state index in [1.165, 1.54) is 22.4 Å². The van der Waals surface area contributed by atoms with Crippen molar-refractivity contribution in [2.75, 3.05) is 18.0 Å². The minimum Gasteiger partial charge on any atom is -0.368 e. The molecule has 1 aromatic carbocycles. The van der Waals surface area contributed by atoms with Gasteiger partial charge in [-0.1, -0.05) is 53.6 Å². The highest BCUT2D eigenvalue weighted by atomic mass is 15.1. The third-order valence-electron chi connectivity index (χ3n) is 3.26. The van der Waals surface area contributed by atoms with Gasteiger partial charge < -0.3 is 4.90 Å². The fraction of sp³-hybridized carbons (Fsp3) is 0.368. The van der Waals surface area contributed by atoms with Crippen LogP contribution >= 0.6 is 0 Å². The molecule has 1 nitrogen and oxygen atoms in total. The van der Waals surface area contributed by atoms with Crippen molar-refractivity contribution in [2.45, 2.75) is 34.6 Å². The first-order chi connectivity index (χ1) is 9.43. The molecular weight excluding hydrogens is 242 g/mol. The van der Waals surface area contributed by atoms with Crippen LogP contribution in [0.5, 0.6) is 0 Å². The summed E-state index contributed by atoms with van der Waals surface area (Å²) < 4.78 is 0. The lowest BCUT2D eigenvalue weighted by atomic mass is 10.1. The van der Waals surface area contributed by atoms with Gasteiger partial charge in [-0.15, -0.1) is 0 Å². The van der Waals surface area contributed by atoms with E-state index in [-0.39, 0.29) is 0 Å². The van der Waals surface area contributed by atoms with Crippen molar-refractivity contribution < 1.29 is 0 Å². The van der Waals surface area contributed by atoms with E-state index in [1.54, 1.807) is 0 Å². The fourth-order valence-corrected chi connectivity index (χ4v) is 2.36. The zero-order valence-corrected chi connectivity index (χ0v) is 13.5. The van der Waals surface area contributed by atoms with Gasteiger partial charge in [-0.05, 0) is 46.2 Å². The van der Waals surface area contributed by atoms with Crippen LogP contribution in [0.1, 0.15) is 31.9 Å². The van der Waals surface area contributed by atoms with Gasteiger partial charge >= 0.3 is 0 Å². The maximum Gasteiger partial charge on any atom is 0.0398 e. The maximum atomic E-state index is 3.90. The van der Waals surface area contributed by atoms with Gasteiger partial charge in [0, 0.05) is 18.8 Å². The van der Waals surface area contributed by atoms with Crippen molar-refractivity contribution in [3.05, 3.63) is 65.3 Å². The lowest BCUT2D eigenvalue weighted by Gasteiger charge is -2.23. The van der Waals surface area contributed by atoms with E-state index in [4.69, 9.17) is 0 Å². The summed E-state index contributed by atoms with van der Waals surface area (Å²) in [6, 6.07) is 6.65. The Labute approximate surface area is 124 Å². The summed E-state index contributed by atoms with van der Waals surface area (Å²) in [4.78, 5) is 2.39. The van der Waals surface area contributed by atoms with Crippen LogP contribution in [0.4, 0.5) is 5.69 Å². The Morgan fingerprint density at radius 2 is 1.95 bits per heavy atom. The molecule has 0 atom stereocenters. The smallest absolute Gasteiger partial charge is 0.0398 e. The lowest BCUT2D eigenvalue weighted by Crippen LogP contribution is -2.23. The third kappa shape index (κ3) is 5.08. The second kappa shape index (κ2) is 7.74. The van der Waals surface area contributed by atoms with Crippen LogP contribution in [-0.2, 0) is 0 Å². The van der Waals surface area contributed by atoms with Crippen molar-refractivity contribution in [3.8, 4) is 0 Å². The molecule has 0 radical (unpaired) electrons. The molecule has 0 aliphatic rings. The zero-order valence-electron chi connectivity index (χ0n) is 13.5. The Bertz CT molecular complexity index is 521. The number of benzene rings is 1. The van der Waals surface area contributed by atoms with Crippen molar-refractivity contribution >= 4 is 5.69 Å². The lowest BCUT2D eigenvalue weighted by molar-refractivity contribution is 0.899. The van der Waals surface area contributed by atoms with Crippen LogP contribution < -0.4 is 4.90 Å². The molecule has 1 rings (SSSR count). The molecule has 0 saturated heterocycles. The van der Waals surface area contributed by atoms with Crippen LogP contribution in [-0.4, -0.2) is 13.1 Å². The Balaban J connectivity index is 2.78. The Kier molecular flexibility index (Phi) is 6.30. The molecule has 0 saturated carbocycles. The first-order valence-electron chi connectivity index (χ1n) is 7.26. The fourth-order valence-electron chi connectivity index (χ4n) is 2.36. The summed E-state index contributed by atoms with van der Waals surface area (Å²) in [6.07, 6.45) is 6.49. The van der Waals surface area contributed by atoms with Gasteiger partial charge in [0.25, 0.3) is 0 Å². The van der Waals surface area contributed by atoms with E-state index in [1.807, 2.05) is 6.92 Å².